The van der Waals surface area contributed by atoms with E-state index in [9.17, 15) is 14.4 Å². The van der Waals surface area contributed by atoms with E-state index < -0.39 is 12.1 Å². The molecule has 6 heteroatoms. The predicted octanol–water partition coefficient (Wildman–Crippen LogP) is 3.02. The molecule has 1 fully saturated rings. The molecule has 2 aromatic rings. The summed E-state index contributed by atoms with van der Waals surface area (Å²) < 4.78 is 5.37. The number of anilines is 1. The number of amides is 2. The normalized spacial score (nSPS) is 14.6. The number of carbonyl (C=O) groups is 3. The minimum atomic E-state index is -0.904. The van der Waals surface area contributed by atoms with Gasteiger partial charge in [-0.25, -0.2) is 4.79 Å². The quantitative estimate of drug-likeness (QED) is 0.723. The van der Waals surface area contributed by atoms with Crippen molar-refractivity contribution >= 4 is 23.5 Å². The molecule has 3 rings (SSSR count). The highest BCUT2D eigenvalue weighted by atomic mass is 16.5. The van der Waals surface area contributed by atoms with Gasteiger partial charge in [-0.05, 0) is 37.1 Å². The number of rotatable bonds is 6. The number of esters is 1. The van der Waals surface area contributed by atoms with Crippen molar-refractivity contribution in [1.82, 2.24) is 4.90 Å². The summed E-state index contributed by atoms with van der Waals surface area (Å²) in [4.78, 5) is 40.1. The first-order chi connectivity index (χ1) is 13.5. The molecule has 0 radical (unpaired) electrons. The van der Waals surface area contributed by atoms with Gasteiger partial charge < -0.3 is 14.5 Å². The van der Waals surface area contributed by atoms with Crippen LogP contribution in [-0.4, -0.2) is 42.4 Å². The largest absolute Gasteiger partial charge is 0.449 e. The van der Waals surface area contributed by atoms with Crippen molar-refractivity contribution in [2.75, 3.05) is 18.5 Å². The SMILES string of the molecule is C[C@H](OC(=O)c1cccc(N2CCCC2=O)c1)C(=O)N(C)Cc1ccccc1. The van der Waals surface area contributed by atoms with Crippen LogP contribution in [0.1, 0.15) is 35.7 Å². The Kier molecular flexibility index (Phi) is 6.09. The Morgan fingerprint density at radius 2 is 1.89 bits per heavy atom. The van der Waals surface area contributed by atoms with Gasteiger partial charge in [-0.2, -0.15) is 0 Å². The van der Waals surface area contributed by atoms with Crippen LogP contribution in [0.4, 0.5) is 5.69 Å². The molecule has 0 aromatic heterocycles. The predicted molar refractivity (Wildman–Crippen MR) is 106 cm³/mol. The van der Waals surface area contributed by atoms with Crippen molar-refractivity contribution in [3.05, 3.63) is 65.7 Å². The van der Waals surface area contributed by atoms with Crippen molar-refractivity contribution in [3.8, 4) is 0 Å². The lowest BCUT2D eigenvalue weighted by molar-refractivity contribution is -0.139. The Labute approximate surface area is 164 Å². The molecule has 1 saturated heterocycles. The van der Waals surface area contributed by atoms with E-state index in [0.717, 1.165) is 12.0 Å². The van der Waals surface area contributed by atoms with Gasteiger partial charge in [-0.1, -0.05) is 36.4 Å². The van der Waals surface area contributed by atoms with Crippen LogP contribution >= 0.6 is 0 Å². The van der Waals surface area contributed by atoms with Crippen LogP contribution in [0.15, 0.2) is 54.6 Å². The summed E-state index contributed by atoms with van der Waals surface area (Å²) in [6.07, 6.45) is 0.430. The minimum Gasteiger partial charge on any atom is -0.449 e. The zero-order valence-corrected chi connectivity index (χ0v) is 16.1. The molecule has 1 heterocycles. The first-order valence-electron chi connectivity index (χ1n) is 9.36. The smallest absolute Gasteiger partial charge is 0.338 e. The summed E-state index contributed by atoms with van der Waals surface area (Å²) in [6.45, 7) is 2.65. The number of ether oxygens (including phenoxy) is 1. The van der Waals surface area contributed by atoms with E-state index >= 15 is 0 Å². The third kappa shape index (κ3) is 4.57. The van der Waals surface area contributed by atoms with Gasteiger partial charge in [0, 0.05) is 32.2 Å². The van der Waals surface area contributed by atoms with Gasteiger partial charge in [0.1, 0.15) is 0 Å². The molecular formula is C22H24N2O4. The van der Waals surface area contributed by atoms with Crippen molar-refractivity contribution < 1.29 is 19.1 Å². The molecule has 1 atom stereocenters. The average Bonchev–Trinajstić information content (AvgIpc) is 3.14. The van der Waals surface area contributed by atoms with Gasteiger partial charge >= 0.3 is 5.97 Å². The minimum absolute atomic E-state index is 0.0524. The fraction of sp³-hybridized carbons (Fsp3) is 0.318. The summed E-state index contributed by atoms with van der Waals surface area (Å²) in [6, 6.07) is 16.4. The highest BCUT2D eigenvalue weighted by molar-refractivity contribution is 5.98. The lowest BCUT2D eigenvalue weighted by atomic mass is 10.2. The fourth-order valence-corrected chi connectivity index (χ4v) is 3.25. The summed E-state index contributed by atoms with van der Waals surface area (Å²) in [5.41, 5.74) is 2.00. The van der Waals surface area contributed by atoms with E-state index in [1.165, 1.54) is 4.90 Å². The molecule has 6 nitrogen and oxygen atoms in total. The molecule has 0 bridgehead atoms. The second kappa shape index (κ2) is 8.69. The molecule has 28 heavy (non-hydrogen) atoms. The maximum absolute atomic E-state index is 12.5. The molecule has 0 spiro atoms. The summed E-state index contributed by atoms with van der Waals surface area (Å²) in [5, 5.41) is 0. The van der Waals surface area contributed by atoms with Crippen LogP contribution in [0, 0.1) is 0 Å². The first-order valence-corrected chi connectivity index (χ1v) is 9.36. The number of likely N-dealkylation sites (N-methyl/N-ethyl adjacent to an activating group) is 1. The van der Waals surface area contributed by atoms with Gasteiger partial charge in [-0.15, -0.1) is 0 Å². The number of hydrogen-bond acceptors (Lipinski definition) is 4. The Balaban J connectivity index is 1.62. The highest BCUT2D eigenvalue weighted by Crippen LogP contribution is 2.22. The molecule has 0 N–H and O–H groups in total. The van der Waals surface area contributed by atoms with E-state index in [1.54, 1.807) is 43.1 Å². The van der Waals surface area contributed by atoms with Crippen LogP contribution < -0.4 is 4.90 Å². The van der Waals surface area contributed by atoms with Crippen molar-refractivity contribution in [3.63, 3.8) is 0 Å². The molecule has 0 unspecified atom stereocenters. The fourth-order valence-electron chi connectivity index (χ4n) is 3.25. The topological polar surface area (TPSA) is 66.9 Å². The monoisotopic (exact) mass is 380 g/mol. The molecular weight excluding hydrogens is 356 g/mol. The van der Waals surface area contributed by atoms with Crippen LogP contribution in [0.25, 0.3) is 0 Å². The first kappa shape index (κ1) is 19.6. The van der Waals surface area contributed by atoms with Crippen LogP contribution in [0.5, 0.6) is 0 Å². The zero-order valence-electron chi connectivity index (χ0n) is 16.1. The van der Waals surface area contributed by atoms with Crippen molar-refractivity contribution in [2.45, 2.75) is 32.4 Å². The van der Waals surface area contributed by atoms with E-state index in [4.69, 9.17) is 4.74 Å². The van der Waals surface area contributed by atoms with Gasteiger partial charge in [0.25, 0.3) is 5.91 Å². The molecule has 146 valence electrons. The highest BCUT2D eigenvalue weighted by Gasteiger charge is 2.25. The standard InChI is InChI=1S/C22H24N2O4/c1-16(21(26)23(2)15-17-8-4-3-5-9-17)28-22(27)18-10-6-11-19(14-18)24-13-7-12-20(24)25/h3-6,8-11,14,16H,7,12-13,15H2,1-2H3/t16-/m0/s1. The van der Waals surface area contributed by atoms with E-state index in [2.05, 4.69) is 0 Å². The lowest BCUT2D eigenvalue weighted by Crippen LogP contribution is -2.37. The third-order valence-corrected chi connectivity index (χ3v) is 4.74. The summed E-state index contributed by atoms with van der Waals surface area (Å²) in [7, 11) is 1.68. The number of carbonyl (C=O) groups excluding carboxylic acids is 3. The Morgan fingerprint density at radius 3 is 2.57 bits per heavy atom. The Hall–Kier alpha value is -3.15. The van der Waals surface area contributed by atoms with E-state index in [0.29, 0.717) is 30.8 Å². The Morgan fingerprint density at radius 1 is 1.14 bits per heavy atom. The molecule has 2 amide bonds. The maximum atomic E-state index is 12.5. The molecule has 0 saturated carbocycles. The van der Waals surface area contributed by atoms with Crippen LogP contribution in [-0.2, 0) is 20.9 Å². The van der Waals surface area contributed by atoms with Crippen LogP contribution in [0.3, 0.4) is 0 Å². The second-order valence-electron chi connectivity index (χ2n) is 6.93. The van der Waals surface area contributed by atoms with E-state index in [-0.39, 0.29) is 11.8 Å². The van der Waals surface area contributed by atoms with Gasteiger partial charge in [0.2, 0.25) is 5.91 Å². The third-order valence-electron chi connectivity index (χ3n) is 4.74. The number of benzene rings is 2. The van der Waals surface area contributed by atoms with Gasteiger partial charge in [0.15, 0.2) is 6.10 Å². The zero-order chi connectivity index (χ0) is 20.1. The Bertz CT molecular complexity index is 866. The molecule has 1 aliphatic rings. The molecule has 1 aliphatic heterocycles. The summed E-state index contributed by atoms with van der Waals surface area (Å²) in [5.74, 6) is -0.804. The summed E-state index contributed by atoms with van der Waals surface area (Å²) >= 11 is 0. The van der Waals surface area contributed by atoms with Crippen LogP contribution in [0.2, 0.25) is 0 Å². The number of hydrogen-bond donors (Lipinski definition) is 0. The van der Waals surface area contributed by atoms with Gasteiger partial charge in [-0.3, -0.25) is 9.59 Å². The average molecular weight is 380 g/mol. The van der Waals surface area contributed by atoms with Crippen molar-refractivity contribution in [1.29, 1.82) is 0 Å². The van der Waals surface area contributed by atoms with E-state index in [1.807, 2.05) is 30.3 Å². The number of nitrogens with zero attached hydrogens (tertiary/aromatic N) is 2. The maximum Gasteiger partial charge on any atom is 0.338 e. The lowest BCUT2D eigenvalue weighted by Gasteiger charge is -2.22. The molecule has 2 aromatic carbocycles. The van der Waals surface area contributed by atoms with Crippen molar-refractivity contribution in [2.24, 2.45) is 0 Å². The van der Waals surface area contributed by atoms with Gasteiger partial charge in [0.05, 0.1) is 5.56 Å². The second-order valence-corrected chi connectivity index (χ2v) is 6.93. The molecule has 0 aliphatic carbocycles.